The lowest BCUT2D eigenvalue weighted by Gasteiger charge is -2.13. The molecule has 3 aromatic rings. The second-order valence-electron chi connectivity index (χ2n) is 5.75. The molecule has 1 N–H and O–H groups in total. The first-order valence-electron chi connectivity index (χ1n) is 7.82. The van der Waals surface area contributed by atoms with Crippen LogP contribution in [0.1, 0.15) is 5.89 Å². The lowest BCUT2D eigenvalue weighted by atomic mass is 10.2. The molecule has 8 heteroatoms. The van der Waals surface area contributed by atoms with Crippen LogP contribution in [-0.2, 0) is 11.3 Å². The number of hydrogen-bond donors (Lipinski definition) is 1. The van der Waals surface area contributed by atoms with Crippen molar-refractivity contribution >= 4 is 23.2 Å². The summed E-state index contributed by atoms with van der Waals surface area (Å²) >= 11 is 5.86. The number of likely N-dealkylation sites (N-methyl/N-ethyl adjacent to an activating group) is 1. The fourth-order valence-electron chi connectivity index (χ4n) is 2.30. The van der Waals surface area contributed by atoms with Gasteiger partial charge in [-0.15, -0.1) is 0 Å². The van der Waals surface area contributed by atoms with Crippen molar-refractivity contribution in [2.24, 2.45) is 0 Å². The van der Waals surface area contributed by atoms with Gasteiger partial charge in [0, 0.05) is 16.3 Å². The Morgan fingerprint density at radius 2 is 1.88 bits per heavy atom. The van der Waals surface area contributed by atoms with Gasteiger partial charge in [0.05, 0.1) is 13.1 Å². The second-order valence-corrected chi connectivity index (χ2v) is 6.18. The maximum atomic E-state index is 12.9. The summed E-state index contributed by atoms with van der Waals surface area (Å²) in [4.78, 5) is 18.1. The monoisotopic (exact) mass is 374 g/mol. The highest BCUT2D eigenvalue weighted by atomic mass is 35.5. The van der Waals surface area contributed by atoms with E-state index in [-0.39, 0.29) is 18.3 Å². The highest BCUT2D eigenvalue weighted by Gasteiger charge is 2.13. The Kier molecular flexibility index (Phi) is 5.60. The van der Waals surface area contributed by atoms with Crippen molar-refractivity contribution in [3.8, 4) is 11.4 Å². The van der Waals surface area contributed by atoms with Gasteiger partial charge in [0.1, 0.15) is 5.82 Å². The Balaban J connectivity index is 1.54. The zero-order valence-corrected chi connectivity index (χ0v) is 14.7. The van der Waals surface area contributed by atoms with Gasteiger partial charge < -0.3 is 9.84 Å². The smallest absolute Gasteiger partial charge is 0.241 e. The molecule has 0 spiro atoms. The molecular formula is C18H16ClFN4O2. The van der Waals surface area contributed by atoms with E-state index in [0.717, 1.165) is 5.56 Å². The second kappa shape index (κ2) is 8.07. The third-order valence-electron chi connectivity index (χ3n) is 3.52. The number of carbonyl (C=O) groups excluding carboxylic acids is 1. The summed E-state index contributed by atoms with van der Waals surface area (Å²) in [6.45, 7) is 0.438. The van der Waals surface area contributed by atoms with E-state index >= 15 is 0 Å². The molecule has 134 valence electrons. The Labute approximate surface area is 154 Å². The van der Waals surface area contributed by atoms with Crippen LogP contribution in [0.5, 0.6) is 0 Å². The van der Waals surface area contributed by atoms with Crippen molar-refractivity contribution in [1.29, 1.82) is 0 Å². The average Bonchev–Trinajstić information content (AvgIpc) is 3.05. The number of aromatic nitrogens is 2. The number of anilines is 1. The van der Waals surface area contributed by atoms with Gasteiger partial charge in [-0.05, 0) is 55.6 Å². The number of nitrogens with zero attached hydrogens (tertiary/aromatic N) is 3. The van der Waals surface area contributed by atoms with Gasteiger partial charge in [0.15, 0.2) is 0 Å². The van der Waals surface area contributed by atoms with Gasteiger partial charge in [0.2, 0.25) is 17.6 Å². The van der Waals surface area contributed by atoms with Crippen LogP contribution in [0.2, 0.25) is 5.02 Å². The zero-order chi connectivity index (χ0) is 18.5. The Bertz CT molecular complexity index is 881. The lowest BCUT2D eigenvalue weighted by molar-refractivity contribution is -0.117. The molecule has 0 saturated heterocycles. The summed E-state index contributed by atoms with van der Waals surface area (Å²) in [7, 11) is 1.76. The Morgan fingerprint density at radius 3 is 2.58 bits per heavy atom. The van der Waals surface area contributed by atoms with E-state index in [4.69, 9.17) is 16.1 Å². The first-order chi connectivity index (χ1) is 12.5. The number of hydrogen-bond acceptors (Lipinski definition) is 5. The molecule has 0 unspecified atom stereocenters. The molecule has 3 rings (SSSR count). The highest BCUT2D eigenvalue weighted by Crippen LogP contribution is 2.19. The molecule has 6 nitrogen and oxygen atoms in total. The van der Waals surface area contributed by atoms with E-state index in [2.05, 4.69) is 15.5 Å². The fraction of sp³-hybridized carbons (Fsp3) is 0.167. The van der Waals surface area contributed by atoms with Crippen molar-refractivity contribution in [2.75, 3.05) is 18.9 Å². The molecule has 0 aliphatic heterocycles. The molecule has 0 aliphatic rings. The number of nitrogens with one attached hydrogen (secondary N) is 1. The van der Waals surface area contributed by atoms with E-state index in [1.807, 2.05) is 0 Å². The minimum Gasteiger partial charge on any atom is -0.338 e. The molecule has 0 radical (unpaired) electrons. The topological polar surface area (TPSA) is 71.3 Å². The Morgan fingerprint density at radius 1 is 1.19 bits per heavy atom. The van der Waals surface area contributed by atoms with E-state index < -0.39 is 0 Å². The SMILES string of the molecule is CN(CC(=O)Nc1ccc(F)cc1)Cc1nc(-c2ccc(Cl)cc2)no1. The standard InChI is InChI=1S/C18H16ClFN4O2/c1-24(10-16(25)21-15-8-6-14(20)7-9-15)11-17-22-18(23-26-17)12-2-4-13(19)5-3-12/h2-9H,10-11H2,1H3,(H,21,25). The van der Waals surface area contributed by atoms with Crippen LogP contribution < -0.4 is 5.32 Å². The number of benzene rings is 2. The van der Waals surface area contributed by atoms with Crippen LogP contribution in [-0.4, -0.2) is 34.5 Å². The molecule has 2 aromatic carbocycles. The fourth-order valence-corrected chi connectivity index (χ4v) is 2.43. The van der Waals surface area contributed by atoms with Crippen molar-refractivity contribution in [2.45, 2.75) is 6.54 Å². The molecule has 0 aliphatic carbocycles. The third kappa shape index (κ3) is 4.87. The average molecular weight is 375 g/mol. The largest absolute Gasteiger partial charge is 0.338 e. The molecule has 0 fully saturated rings. The van der Waals surface area contributed by atoms with E-state index in [1.54, 1.807) is 36.2 Å². The predicted molar refractivity (Wildman–Crippen MR) is 96.1 cm³/mol. The van der Waals surface area contributed by atoms with Crippen molar-refractivity contribution in [3.63, 3.8) is 0 Å². The normalized spacial score (nSPS) is 10.9. The van der Waals surface area contributed by atoms with Crippen molar-refractivity contribution < 1.29 is 13.7 Å². The quantitative estimate of drug-likeness (QED) is 0.713. The molecule has 1 aromatic heterocycles. The van der Waals surface area contributed by atoms with E-state index in [9.17, 15) is 9.18 Å². The molecule has 1 amide bonds. The van der Waals surface area contributed by atoms with E-state index in [0.29, 0.717) is 29.0 Å². The number of amides is 1. The van der Waals surface area contributed by atoms with Crippen LogP contribution >= 0.6 is 11.6 Å². The molecule has 0 atom stereocenters. The van der Waals surface area contributed by atoms with Crippen LogP contribution in [0.25, 0.3) is 11.4 Å². The summed E-state index contributed by atoms with van der Waals surface area (Å²) in [6, 6.07) is 12.7. The van der Waals surface area contributed by atoms with Crippen molar-refractivity contribution in [1.82, 2.24) is 15.0 Å². The summed E-state index contributed by atoms with van der Waals surface area (Å²) in [6.07, 6.45) is 0. The van der Waals surface area contributed by atoms with Crippen LogP contribution in [0, 0.1) is 5.82 Å². The molecule has 1 heterocycles. The lowest BCUT2D eigenvalue weighted by Crippen LogP contribution is -2.29. The number of carbonyl (C=O) groups is 1. The third-order valence-corrected chi connectivity index (χ3v) is 3.77. The van der Waals surface area contributed by atoms with E-state index in [1.165, 1.54) is 24.3 Å². The first kappa shape index (κ1) is 18.0. The summed E-state index contributed by atoms with van der Waals surface area (Å²) in [5.41, 5.74) is 1.33. The molecule has 0 saturated carbocycles. The minimum absolute atomic E-state index is 0.121. The summed E-state index contributed by atoms with van der Waals surface area (Å²) in [5.74, 6) is 0.275. The number of rotatable bonds is 6. The van der Waals surface area contributed by atoms with Crippen LogP contribution in [0.15, 0.2) is 53.1 Å². The van der Waals surface area contributed by atoms with Gasteiger partial charge in [-0.1, -0.05) is 16.8 Å². The predicted octanol–water partition coefficient (Wildman–Crippen LogP) is 3.60. The van der Waals surface area contributed by atoms with Gasteiger partial charge in [0.25, 0.3) is 0 Å². The summed E-state index contributed by atoms with van der Waals surface area (Å²) < 4.78 is 18.1. The first-order valence-corrected chi connectivity index (χ1v) is 8.20. The maximum Gasteiger partial charge on any atom is 0.241 e. The van der Waals surface area contributed by atoms with Gasteiger partial charge in [-0.25, -0.2) is 4.39 Å². The van der Waals surface area contributed by atoms with Crippen LogP contribution in [0.3, 0.4) is 0 Å². The van der Waals surface area contributed by atoms with Crippen molar-refractivity contribution in [3.05, 3.63) is 65.3 Å². The minimum atomic E-state index is -0.354. The van der Waals surface area contributed by atoms with Gasteiger partial charge in [-0.3, -0.25) is 9.69 Å². The molecule has 0 bridgehead atoms. The summed E-state index contributed by atoms with van der Waals surface area (Å²) in [5, 5.41) is 7.26. The van der Waals surface area contributed by atoms with Gasteiger partial charge >= 0.3 is 0 Å². The molecule has 26 heavy (non-hydrogen) atoms. The maximum absolute atomic E-state index is 12.9. The molecular weight excluding hydrogens is 359 g/mol. The van der Waals surface area contributed by atoms with Crippen LogP contribution in [0.4, 0.5) is 10.1 Å². The van der Waals surface area contributed by atoms with Gasteiger partial charge in [-0.2, -0.15) is 4.98 Å². The Hall–Kier alpha value is -2.77. The highest BCUT2D eigenvalue weighted by molar-refractivity contribution is 6.30. The number of halogens is 2. The zero-order valence-electron chi connectivity index (χ0n) is 13.9.